The molecule has 2 aliphatic rings. The number of benzene rings is 1. The standard InChI is InChI=1S/C24H33FN2O6S/c1-23(2,34(30,31)18-10-8-17(25)9-11-18)22(29)27-20(28)15-19(26)24(12-4-5-13-24)16-33-21-7-3-6-14-32-21/h8-11,21,26H,3-7,12-16H2,1-2H3,(H,27,28,29). The molecule has 0 aromatic heterocycles. The van der Waals surface area contributed by atoms with Crippen molar-refractivity contribution in [2.75, 3.05) is 13.2 Å². The lowest BCUT2D eigenvalue weighted by Crippen LogP contribution is -2.50. The maximum absolute atomic E-state index is 13.2. The highest BCUT2D eigenvalue weighted by Crippen LogP contribution is 2.41. The number of carbonyl (C=O) groups is 2. The van der Waals surface area contributed by atoms with Crippen molar-refractivity contribution in [3.63, 3.8) is 0 Å². The topological polar surface area (TPSA) is 123 Å². The minimum absolute atomic E-state index is 0.172. The molecule has 34 heavy (non-hydrogen) atoms. The molecule has 1 aromatic carbocycles. The Hall–Kier alpha value is -2.17. The predicted octanol–water partition coefficient (Wildman–Crippen LogP) is 3.53. The highest BCUT2D eigenvalue weighted by Gasteiger charge is 2.44. The summed E-state index contributed by atoms with van der Waals surface area (Å²) < 4.78 is 48.6. The van der Waals surface area contributed by atoms with Gasteiger partial charge in [-0.3, -0.25) is 14.9 Å². The van der Waals surface area contributed by atoms with E-state index in [1.165, 1.54) is 13.8 Å². The van der Waals surface area contributed by atoms with Gasteiger partial charge in [-0.05, 0) is 70.2 Å². The maximum Gasteiger partial charge on any atom is 0.247 e. The molecule has 1 saturated heterocycles. The second kappa shape index (κ2) is 10.6. The zero-order valence-corrected chi connectivity index (χ0v) is 20.5. The number of carbonyl (C=O) groups excluding carboxylic acids is 2. The van der Waals surface area contributed by atoms with Crippen molar-refractivity contribution in [1.29, 1.82) is 5.41 Å². The first-order chi connectivity index (χ1) is 16.0. The SMILES string of the molecule is CC(C)(C(=O)NC(=O)CC(=N)C1(COC2CCCCO2)CCCC1)S(=O)(=O)c1ccc(F)cc1. The molecule has 0 bridgehead atoms. The molecule has 188 valence electrons. The van der Waals surface area contributed by atoms with Gasteiger partial charge in [0.1, 0.15) is 10.6 Å². The number of rotatable bonds is 9. The number of ether oxygens (including phenoxy) is 2. The lowest BCUT2D eigenvalue weighted by molar-refractivity contribution is -0.173. The Bertz CT molecular complexity index is 1010. The van der Waals surface area contributed by atoms with Crippen molar-refractivity contribution in [3.05, 3.63) is 30.1 Å². The van der Waals surface area contributed by atoms with Gasteiger partial charge in [-0.15, -0.1) is 0 Å². The van der Waals surface area contributed by atoms with E-state index in [2.05, 4.69) is 5.32 Å². The van der Waals surface area contributed by atoms with Crippen LogP contribution in [0.4, 0.5) is 4.39 Å². The average molecular weight is 497 g/mol. The number of amides is 2. The fraction of sp³-hybridized carbons (Fsp3) is 0.625. The first-order valence-electron chi connectivity index (χ1n) is 11.6. The van der Waals surface area contributed by atoms with E-state index in [1.807, 2.05) is 0 Å². The number of nitrogens with one attached hydrogen (secondary N) is 2. The van der Waals surface area contributed by atoms with Crippen LogP contribution in [0, 0.1) is 16.6 Å². The van der Waals surface area contributed by atoms with Crippen molar-refractivity contribution in [2.24, 2.45) is 5.41 Å². The monoisotopic (exact) mass is 496 g/mol. The van der Waals surface area contributed by atoms with E-state index < -0.39 is 37.6 Å². The Morgan fingerprint density at radius 2 is 1.82 bits per heavy atom. The van der Waals surface area contributed by atoms with E-state index in [4.69, 9.17) is 14.9 Å². The van der Waals surface area contributed by atoms with Gasteiger partial charge in [0.25, 0.3) is 0 Å². The molecular formula is C24H33FN2O6S. The summed E-state index contributed by atoms with van der Waals surface area (Å²) in [5.74, 6) is -2.34. The smallest absolute Gasteiger partial charge is 0.247 e. The molecule has 2 fully saturated rings. The van der Waals surface area contributed by atoms with Gasteiger partial charge in [-0.25, -0.2) is 12.8 Å². The lowest BCUT2D eigenvalue weighted by atomic mass is 9.80. The molecule has 0 spiro atoms. The first-order valence-corrected chi connectivity index (χ1v) is 13.1. The highest BCUT2D eigenvalue weighted by atomic mass is 32.2. The molecule has 1 saturated carbocycles. The van der Waals surface area contributed by atoms with Gasteiger partial charge >= 0.3 is 0 Å². The Kier molecular flexibility index (Phi) is 8.26. The molecule has 10 heteroatoms. The minimum atomic E-state index is -4.20. The highest BCUT2D eigenvalue weighted by molar-refractivity contribution is 7.93. The Balaban J connectivity index is 1.63. The maximum atomic E-state index is 13.2. The third kappa shape index (κ3) is 5.72. The molecular weight excluding hydrogens is 463 g/mol. The van der Waals surface area contributed by atoms with Crippen LogP contribution < -0.4 is 5.32 Å². The van der Waals surface area contributed by atoms with Gasteiger partial charge in [0, 0.05) is 17.7 Å². The molecule has 1 heterocycles. The fourth-order valence-corrected chi connectivity index (χ4v) is 5.76. The molecule has 1 unspecified atom stereocenters. The van der Waals surface area contributed by atoms with Crippen molar-refractivity contribution < 1.29 is 31.9 Å². The summed E-state index contributed by atoms with van der Waals surface area (Å²) in [6.07, 6.45) is 5.46. The predicted molar refractivity (Wildman–Crippen MR) is 124 cm³/mol. The lowest BCUT2D eigenvalue weighted by Gasteiger charge is -2.32. The van der Waals surface area contributed by atoms with Crippen LogP contribution in [0.15, 0.2) is 29.2 Å². The third-order valence-electron chi connectivity index (χ3n) is 6.82. The van der Waals surface area contributed by atoms with Crippen LogP contribution >= 0.6 is 0 Å². The van der Waals surface area contributed by atoms with Crippen LogP contribution in [0.1, 0.15) is 65.2 Å². The zero-order chi connectivity index (χ0) is 25.0. The minimum Gasteiger partial charge on any atom is -0.353 e. The fourth-order valence-electron chi connectivity index (χ4n) is 4.38. The molecule has 1 aliphatic carbocycles. The van der Waals surface area contributed by atoms with Crippen molar-refractivity contribution in [2.45, 2.75) is 81.1 Å². The largest absolute Gasteiger partial charge is 0.353 e. The van der Waals surface area contributed by atoms with Crippen LogP contribution in [0.3, 0.4) is 0 Å². The summed E-state index contributed by atoms with van der Waals surface area (Å²) >= 11 is 0. The summed E-state index contributed by atoms with van der Waals surface area (Å²) in [4.78, 5) is 25.2. The molecule has 8 nitrogen and oxygen atoms in total. The Morgan fingerprint density at radius 1 is 1.18 bits per heavy atom. The number of hydrogen-bond donors (Lipinski definition) is 2. The van der Waals surface area contributed by atoms with Crippen LogP contribution in [-0.4, -0.2) is 50.2 Å². The van der Waals surface area contributed by atoms with Gasteiger partial charge in [0.2, 0.25) is 11.8 Å². The summed E-state index contributed by atoms with van der Waals surface area (Å²) in [6, 6.07) is 4.15. The van der Waals surface area contributed by atoms with Crippen molar-refractivity contribution >= 4 is 27.4 Å². The molecule has 2 amide bonds. The number of sulfone groups is 1. The summed E-state index contributed by atoms with van der Waals surface area (Å²) in [7, 11) is -4.20. The second-order valence-electron chi connectivity index (χ2n) is 9.59. The van der Waals surface area contributed by atoms with E-state index in [0.29, 0.717) is 19.4 Å². The number of imide groups is 1. The van der Waals surface area contributed by atoms with E-state index in [0.717, 1.165) is 56.4 Å². The second-order valence-corrected chi connectivity index (χ2v) is 12.1. The molecule has 1 aromatic rings. The molecule has 0 radical (unpaired) electrons. The average Bonchev–Trinajstić information content (AvgIpc) is 3.29. The van der Waals surface area contributed by atoms with Gasteiger partial charge in [0.15, 0.2) is 16.1 Å². The molecule has 3 rings (SSSR count). The summed E-state index contributed by atoms with van der Waals surface area (Å²) in [6.45, 7) is 3.31. The zero-order valence-electron chi connectivity index (χ0n) is 19.7. The van der Waals surface area contributed by atoms with Gasteiger partial charge in [-0.1, -0.05) is 12.8 Å². The third-order valence-corrected chi connectivity index (χ3v) is 9.24. The van der Waals surface area contributed by atoms with Crippen LogP contribution in [0.5, 0.6) is 0 Å². The van der Waals surface area contributed by atoms with E-state index >= 15 is 0 Å². The molecule has 1 aliphatic heterocycles. The summed E-state index contributed by atoms with van der Waals surface area (Å²) in [5, 5.41) is 10.8. The molecule has 2 N–H and O–H groups in total. The van der Waals surface area contributed by atoms with Gasteiger partial charge in [-0.2, -0.15) is 0 Å². The van der Waals surface area contributed by atoms with Crippen molar-refractivity contribution in [1.82, 2.24) is 5.32 Å². The van der Waals surface area contributed by atoms with Crippen LogP contribution in [0.2, 0.25) is 0 Å². The Morgan fingerprint density at radius 3 is 2.41 bits per heavy atom. The van der Waals surface area contributed by atoms with E-state index in [9.17, 15) is 22.4 Å². The first kappa shape index (κ1) is 26.4. The van der Waals surface area contributed by atoms with Crippen LogP contribution in [0.25, 0.3) is 0 Å². The van der Waals surface area contributed by atoms with E-state index in [1.54, 1.807) is 0 Å². The van der Waals surface area contributed by atoms with Crippen molar-refractivity contribution in [3.8, 4) is 0 Å². The quantitative estimate of drug-likeness (QED) is 0.398. The number of halogens is 1. The summed E-state index contributed by atoms with van der Waals surface area (Å²) in [5.41, 5.74) is -0.415. The van der Waals surface area contributed by atoms with Crippen LogP contribution in [-0.2, 0) is 28.9 Å². The Labute approximate surface area is 200 Å². The van der Waals surface area contributed by atoms with E-state index in [-0.39, 0.29) is 29.9 Å². The normalized spacial score (nSPS) is 20.6. The van der Waals surface area contributed by atoms with Gasteiger partial charge < -0.3 is 14.9 Å². The number of hydrogen-bond acceptors (Lipinski definition) is 7. The molecule has 1 atom stereocenters. The van der Waals surface area contributed by atoms with Gasteiger partial charge in [0.05, 0.1) is 17.9 Å².